The second kappa shape index (κ2) is 6.29. The molecule has 0 spiro atoms. The molecule has 1 atom stereocenters. The van der Waals surface area contributed by atoms with E-state index < -0.39 is 0 Å². The smallest absolute Gasteiger partial charge is 0.0235 e. The molecule has 19 heavy (non-hydrogen) atoms. The van der Waals surface area contributed by atoms with Crippen LogP contribution in [0.5, 0.6) is 0 Å². The predicted octanol–water partition coefficient (Wildman–Crippen LogP) is 3.08. The zero-order valence-electron chi connectivity index (χ0n) is 11.8. The van der Waals surface area contributed by atoms with Gasteiger partial charge in [-0.2, -0.15) is 0 Å². The molecule has 0 saturated carbocycles. The summed E-state index contributed by atoms with van der Waals surface area (Å²) in [5.74, 6) is 0. The third-order valence-electron chi connectivity index (χ3n) is 4.47. The Morgan fingerprint density at radius 2 is 1.84 bits per heavy atom. The molecule has 0 radical (unpaired) electrons. The highest BCUT2D eigenvalue weighted by Gasteiger charge is 2.28. The van der Waals surface area contributed by atoms with E-state index in [4.69, 9.17) is 0 Å². The van der Waals surface area contributed by atoms with Crippen molar-refractivity contribution in [3.63, 3.8) is 0 Å². The first-order chi connectivity index (χ1) is 9.35. The van der Waals surface area contributed by atoms with E-state index in [-0.39, 0.29) is 0 Å². The Labute approximate surface area is 121 Å². The quantitative estimate of drug-likeness (QED) is 0.780. The molecule has 2 fully saturated rings. The molecule has 2 nitrogen and oxygen atoms in total. The van der Waals surface area contributed by atoms with Gasteiger partial charge in [0, 0.05) is 30.6 Å². The largest absolute Gasteiger partial charge is 0.299 e. The second-order valence-corrected chi connectivity index (χ2v) is 6.65. The molecular formula is C16H24N2S. The Kier molecular flexibility index (Phi) is 4.46. The minimum Gasteiger partial charge on any atom is -0.299 e. The fourth-order valence-electron chi connectivity index (χ4n) is 3.35. The van der Waals surface area contributed by atoms with E-state index in [0.29, 0.717) is 0 Å². The molecule has 0 aliphatic carbocycles. The van der Waals surface area contributed by atoms with Crippen molar-refractivity contribution in [1.29, 1.82) is 0 Å². The molecule has 0 aromatic heterocycles. The van der Waals surface area contributed by atoms with Crippen molar-refractivity contribution in [3.8, 4) is 0 Å². The van der Waals surface area contributed by atoms with Crippen LogP contribution in [-0.4, -0.2) is 48.3 Å². The molecule has 2 heterocycles. The number of likely N-dealkylation sites (tertiary alicyclic amines) is 2. The van der Waals surface area contributed by atoms with Gasteiger partial charge in [0.2, 0.25) is 0 Å². The van der Waals surface area contributed by atoms with Gasteiger partial charge in [0.25, 0.3) is 0 Å². The zero-order chi connectivity index (χ0) is 13.1. The Balaban J connectivity index is 1.53. The first-order valence-corrected chi connectivity index (χ1v) is 8.67. The van der Waals surface area contributed by atoms with Crippen LogP contribution in [0.15, 0.2) is 29.2 Å². The maximum absolute atomic E-state index is 2.71. The van der Waals surface area contributed by atoms with Gasteiger partial charge in [0.15, 0.2) is 0 Å². The predicted molar refractivity (Wildman–Crippen MR) is 82.7 cm³/mol. The van der Waals surface area contributed by atoms with Gasteiger partial charge in [-0.05, 0) is 56.3 Å². The van der Waals surface area contributed by atoms with Gasteiger partial charge in [-0.1, -0.05) is 12.1 Å². The van der Waals surface area contributed by atoms with Crippen LogP contribution < -0.4 is 0 Å². The minimum absolute atomic E-state index is 0.827. The van der Waals surface area contributed by atoms with Crippen LogP contribution in [0.1, 0.15) is 24.8 Å². The van der Waals surface area contributed by atoms with Crippen molar-refractivity contribution in [2.24, 2.45) is 0 Å². The molecule has 0 amide bonds. The Morgan fingerprint density at radius 3 is 2.53 bits per heavy atom. The number of rotatable bonds is 4. The lowest BCUT2D eigenvalue weighted by Gasteiger charge is -2.23. The monoisotopic (exact) mass is 276 g/mol. The standard InChI is InChI=1S/C16H24N2S/c1-19-16-6-4-14(5-7-16)12-17-11-8-15(13-17)18-9-2-3-10-18/h4-7,15H,2-3,8-13H2,1H3/t15-/m1/s1. The summed E-state index contributed by atoms with van der Waals surface area (Å²) in [6, 6.07) is 9.89. The van der Waals surface area contributed by atoms with Crippen LogP contribution in [0.4, 0.5) is 0 Å². The third kappa shape index (κ3) is 3.33. The molecule has 3 rings (SSSR count). The maximum atomic E-state index is 2.71. The molecule has 104 valence electrons. The lowest BCUT2D eigenvalue weighted by atomic mass is 10.2. The molecule has 3 heteroatoms. The van der Waals surface area contributed by atoms with E-state index in [1.54, 1.807) is 0 Å². The van der Waals surface area contributed by atoms with E-state index in [0.717, 1.165) is 12.6 Å². The molecule has 0 N–H and O–H groups in total. The summed E-state index contributed by atoms with van der Waals surface area (Å²) in [6.45, 7) is 6.33. The number of hydrogen-bond acceptors (Lipinski definition) is 3. The van der Waals surface area contributed by atoms with Crippen LogP contribution in [0.25, 0.3) is 0 Å². The van der Waals surface area contributed by atoms with Crippen LogP contribution in [0.2, 0.25) is 0 Å². The lowest BCUT2D eigenvalue weighted by molar-refractivity contribution is 0.230. The van der Waals surface area contributed by atoms with Crippen molar-refractivity contribution in [1.82, 2.24) is 9.80 Å². The van der Waals surface area contributed by atoms with Gasteiger partial charge in [-0.3, -0.25) is 9.80 Å². The zero-order valence-corrected chi connectivity index (χ0v) is 12.7. The van der Waals surface area contributed by atoms with Gasteiger partial charge >= 0.3 is 0 Å². The Morgan fingerprint density at radius 1 is 1.11 bits per heavy atom. The SMILES string of the molecule is CSc1ccc(CN2CC[C@@H](N3CCCC3)C2)cc1. The fraction of sp³-hybridized carbons (Fsp3) is 0.625. The van der Waals surface area contributed by atoms with Gasteiger partial charge in [-0.15, -0.1) is 11.8 Å². The van der Waals surface area contributed by atoms with Crippen LogP contribution >= 0.6 is 11.8 Å². The van der Waals surface area contributed by atoms with Gasteiger partial charge in [0.05, 0.1) is 0 Å². The van der Waals surface area contributed by atoms with E-state index in [9.17, 15) is 0 Å². The molecule has 0 unspecified atom stereocenters. The summed E-state index contributed by atoms with van der Waals surface area (Å²) >= 11 is 1.82. The average Bonchev–Trinajstić information content (AvgIpc) is 3.10. The summed E-state index contributed by atoms with van der Waals surface area (Å²) in [4.78, 5) is 6.69. The normalized spacial score (nSPS) is 25.2. The lowest BCUT2D eigenvalue weighted by Crippen LogP contribution is -2.35. The van der Waals surface area contributed by atoms with Crippen molar-refractivity contribution in [2.75, 3.05) is 32.4 Å². The van der Waals surface area contributed by atoms with E-state index in [1.165, 1.54) is 55.9 Å². The first kappa shape index (κ1) is 13.5. The average molecular weight is 276 g/mol. The minimum atomic E-state index is 0.827. The molecule has 2 saturated heterocycles. The summed E-state index contributed by atoms with van der Waals surface area (Å²) in [5, 5.41) is 0. The summed E-state index contributed by atoms with van der Waals surface area (Å²) in [6.07, 6.45) is 6.32. The van der Waals surface area contributed by atoms with Crippen LogP contribution in [0, 0.1) is 0 Å². The van der Waals surface area contributed by atoms with Crippen molar-refractivity contribution in [3.05, 3.63) is 29.8 Å². The second-order valence-electron chi connectivity index (χ2n) is 5.77. The van der Waals surface area contributed by atoms with Crippen LogP contribution in [0.3, 0.4) is 0 Å². The number of benzene rings is 1. The number of hydrogen-bond donors (Lipinski definition) is 0. The highest BCUT2D eigenvalue weighted by molar-refractivity contribution is 7.98. The summed E-state index contributed by atoms with van der Waals surface area (Å²) in [5.41, 5.74) is 1.46. The Bertz CT molecular complexity index is 398. The molecular weight excluding hydrogens is 252 g/mol. The number of thioether (sulfide) groups is 1. The fourth-order valence-corrected chi connectivity index (χ4v) is 3.76. The summed E-state index contributed by atoms with van der Waals surface area (Å²) < 4.78 is 0. The molecule has 1 aromatic carbocycles. The molecule has 1 aromatic rings. The highest BCUT2D eigenvalue weighted by Crippen LogP contribution is 2.22. The van der Waals surface area contributed by atoms with E-state index in [2.05, 4.69) is 40.3 Å². The van der Waals surface area contributed by atoms with Gasteiger partial charge in [0.1, 0.15) is 0 Å². The van der Waals surface area contributed by atoms with Crippen LogP contribution in [-0.2, 0) is 6.54 Å². The topological polar surface area (TPSA) is 6.48 Å². The molecule has 2 aliphatic rings. The maximum Gasteiger partial charge on any atom is 0.0235 e. The van der Waals surface area contributed by atoms with Gasteiger partial charge < -0.3 is 0 Å². The molecule has 2 aliphatic heterocycles. The van der Waals surface area contributed by atoms with Crippen molar-refractivity contribution >= 4 is 11.8 Å². The van der Waals surface area contributed by atoms with E-state index in [1.807, 2.05) is 11.8 Å². The van der Waals surface area contributed by atoms with Gasteiger partial charge in [-0.25, -0.2) is 0 Å². The first-order valence-electron chi connectivity index (χ1n) is 7.44. The number of nitrogens with zero attached hydrogens (tertiary/aromatic N) is 2. The molecule has 0 bridgehead atoms. The Hall–Kier alpha value is -0.510. The summed E-state index contributed by atoms with van der Waals surface area (Å²) in [7, 11) is 0. The highest BCUT2D eigenvalue weighted by atomic mass is 32.2. The van der Waals surface area contributed by atoms with Crippen molar-refractivity contribution < 1.29 is 0 Å². The van der Waals surface area contributed by atoms with Crippen molar-refractivity contribution in [2.45, 2.75) is 36.7 Å². The third-order valence-corrected chi connectivity index (χ3v) is 5.21. The van der Waals surface area contributed by atoms with E-state index >= 15 is 0 Å².